The molecule has 0 saturated heterocycles. The highest BCUT2D eigenvalue weighted by atomic mass is 79.9. The molecular formula is C12H14BrN5O2S. The summed E-state index contributed by atoms with van der Waals surface area (Å²) in [6, 6.07) is 5.31. The number of nitrogens with one attached hydrogen (secondary N) is 1. The maximum absolute atomic E-state index is 11.7. The van der Waals surface area contributed by atoms with Gasteiger partial charge in [0.15, 0.2) is 11.0 Å². The Morgan fingerprint density at radius 1 is 1.57 bits per heavy atom. The van der Waals surface area contributed by atoms with Crippen LogP contribution in [0.1, 0.15) is 25.5 Å². The maximum Gasteiger partial charge on any atom is 0.344 e. The molecule has 0 amide bonds. The molecule has 7 nitrogen and oxygen atoms in total. The van der Waals surface area contributed by atoms with Crippen molar-refractivity contribution in [2.45, 2.75) is 29.9 Å². The van der Waals surface area contributed by atoms with Crippen LogP contribution in [-0.2, 0) is 0 Å². The summed E-state index contributed by atoms with van der Waals surface area (Å²) in [6.07, 6.45) is 0. The summed E-state index contributed by atoms with van der Waals surface area (Å²) >= 11 is 4.65. The highest BCUT2D eigenvalue weighted by molar-refractivity contribution is 9.10. The first-order valence-corrected chi connectivity index (χ1v) is 7.67. The molecule has 0 saturated carbocycles. The van der Waals surface area contributed by atoms with E-state index in [2.05, 4.69) is 31.3 Å². The zero-order valence-electron chi connectivity index (χ0n) is 11.4. The van der Waals surface area contributed by atoms with Crippen molar-refractivity contribution < 1.29 is 5.21 Å². The molecule has 1 aromatic heterocycles. The van der Waals surface area contributed by atoms with E-state index in [4.69, 9.17) is 10.9 Å². The first-order valence-electron chi connectivity index (χ1n) is 6.06. The first kappa shape index (κ1) is 15.6. The van der Waals surface area contributed by atoms with Crippen LogP contribution in [0.5, 0.6) is 0 Å². The topological polar surface area (TPSA) is 109 Å². The molecule has 4 N–H and O–H groups in total. The quantitative estimate of drug-likeness (QED) is 0.330. The molecule has 1 heterocycles. The first-order chi connectivity index (χ1) is 9.93. The van der Waals surface area contributed by atoms with Crippen LogP contribution >= 0.6 is 27.7 Å². The van der Waals surface area contributed by atoms with E-state index in [0.29, 0.717) is 10.7 Å². The molecule has 0 spiro atoms. The summed E-state index contributed by atoms with van der Waals surface area (Å²) in [6.45, 7) is 3.79. The number of hydrogen-bond acceptors (Lipinski definition) is 5. The van der Waals surface area contributed by atoms with Crippen molar-refractivity contribution in [1.82, 2.24) is 14.8 Å². The van der Waals surface area contributed by atoms with Crippen LogP contribution in [0.25, 0.3) is 0 Å². The molecule has 0 bridgehead atoms. The van der Waals surface area contributed by atoms with Crippen molar-refractivity contribution >= 4 is 33.5 Å². The van der Waals surface area contributed by atoms with Crippen molar-refractivity contribution in [3.05, 3.63) is 38.7 Å². The van der Waals surface area contributed by atoms with Crippen molar-refractivity contribution in [2.75, 3.05) is 0 Å². The molecule has 0 unspecified atom stereocenters. The van der Waals surface area contributed by atoms with Gasteiger partial charge in [-0.1, -0.05) is 21.1 Å². The molecule has 0 aliphatic carbocycles. The highest BCUT2D eigenvalue weighted by Gasteiger charge is 2.16. The third kappa shape index (κ3) is 3.30. The van der Waals surface area contributed by atoms with Crippen LogP contribution in [0.3, 0.4) is 0 Å². The summed E-state index contributed by atoms with van der Waals surface area (Å²) in [7, 11) is 0. The van der Waals surface area contributed by atoms with Crippen LogP contribution in [0.2, 0.25) is 0 Å². The van der Waals surface area contributed by atoms with E-state index in [1.807, 2.05) is 19.9 Å². The number of rotatable bonds is 4. The Bertz CT molecular complexity index is 737. The Morgan fingerprint density at radius 3 is 2.90 bits per heavy atom. The summed E-state index contributed by atoms with van der Waals surface area (Å²) < 4.78 is 2.38. The van der Waals surface area contributed by atoms with Crippen LogP contribution < -0.4 is 11.4 Å². The number of aromatic nitrogens is 3. The minimum atomic E-state index is -0.271. The molecule has 112 valence electrons. The maximum atomic E-state index is 11.7. The largest absolute Gasteiger partial charge is 0.409 e. The molecule has 9 heteroatoms. The minimum Gasteiger partial charge on any atom is -0.409 e. The van der Waals surface area contributed by atoms with E-state index in [1.165, 1.54) is 11.8 Å². The van der Waals surface area contributed by atoms with Crippen LogP contribution in [-0.4, -0.2) is 25.8 Å². The Labute approximate surface area is 133 Å². The number of aromatic amines is 1. The van der Waals surface area contributed by atoms with Crippen LogP contribution in [0.15, 0.2) is 42.7 Å². The standard InChI is InChI=1S/C12H14BrN5O2S/c1-6(2)18-11(19)15-16-12(18)21-9-5-7(13)3-4-8(9)10(14)17-20/h3-6,20H,1-2H3,(H2,14,17)(H,15,19). The van der Waals surface area contributed by atoms with E-state index in [1.54, 1.807) is 16.7 Å². The van der Waals surface area contributed by atoms with Gasteiger partial charge in [-0.2, -0.15) is 0 Å². The van der Waals surface area contributed by atoms with Crippen molar-refractivity contribution in [1.29, 1.82) is 0 Å². The molecular weight excluding hydrogens is 358 g/mol. The van der Waals surface area contributed by atoms with Gasteiger partial charge in [-0.25, -0.2) is 9.89 Å². The average molecular weight is 372 g/mol. The fourth-order valence-corrected chi connectivity index (χ4v) is 3.42. The lowest BCUT2D eigenvalue weighted by Gasteiger charge is -2.11. The second kappa shape index (κ2) is 6.35. The normalized spacial score (nSPS) is 12.1. The van der Waals surface area contributed by atoms with E-state index in [9.17, 15) is 4.79 Å². The molecule has 2 rings (SSSR count). The van der Waals surface area contributed by atoms with Gasteiger partial charge < -0.3 is 10.9 Å². The Balaban J connectivity index is 2.49. The second-order valence-electron chi connectivity index (χ2n) is 4.50. The van der Waals surface area contributed by atoms with Gasteiger partial charge in [0.1, 0.15) is 0 Å². The van der Waals surface area contributed by atoms with Gasteiger partial charge in [-0.05, 0) is 43.8 Å². The third-order valence-corrected chi connectivity index (χ3v) is 4.24. The molecule has 0 aliphatic rings. The average Bonchev–Trinajstić information content (AvgIpc) is 2.79. The van der Waals surface area contributed by atoms with E-state index >= 15 is 0 Å². The van der Waals surface area contributed by atoms with Gasteiger partial charge in [-0.3, -0.25) is 4.57 Å². The number of H-pyrrole nitrogens is 1. The number of nitrogens with two attached hydrogens (primary N) is 1. The molecule has 21 heavy (non-hydrogen) atoms. The monoisotopic (exact) mass is 371 g/mol. The fourth-order valence-electron chi connectivity index (χ4n) is 1.76. The predicted octanol–water partition coefficient (Wildman–Crippen LogP) is 2.16. The highest BCUT2D eigenvalue weighted by Crippen LogP contribution is 2.31. The number of amidine groups is 1. The van der Waals surface area contributed by atoms with E-state index < -0.39 is 0 Å². The molecule has 1 aromatic carbocycles. The molecule has 2 aromatic rings. The van der Waals surface area contributed by atoms with Crippen molar-refractivity contribution in [3.8, 4) is 0 Å². The lowest BCUT2D eigenvalue weighted by molar-refractivity contribution is 0.318. The zero-order chi connectivity index (χ0) is 15.6. The van der Waals surface area contributed by atoms with Gasteiger partial charge >= 0.3 is 5.69 Å². The summed E-state index contributed by atoms with van der Waals surface area (Å²) in [5.74, 6) is -0.000945. The number of hydrogen-bond donors (Lipinski definition) is 3. The number of nitrogens with zero attached hydrogens (tertiary/aromatic N) is 3. The van der Waals surface area contributed by atoms with Gasteiger partial charge in [0.05, 0.1) is 0 Å². The van der Waals surface area contributed by atoms with Crippen LogP contribution in [0.4, 0.5) is 0 Å². The Morgan fingerprint density at radius 2 is 2.29 bits per heavy atom. The minimum absolute atomic E-state index is 0.000945. The summed E-state index contributed by atoms with van der Waals surface area (Å²) in [5.41, 5.74) is 5.97. The van der Waals surface area contributed by atoms with Gasteiger partial charge in [0.2, 0.25) is 0 Å². The smallest absolute Gasteiger partial charge is 0.344 e. The molecule has 0 aliphatic heterocycles. The summed E-state index contributed by atoms with van der Waals surface area (Å²) in [5, 5.41) is 18.8. The number of oxime groups is 1. The molecule has 0 atom stereocenters. The predicted molar refractivity (Wildman–Crippen MR) is 84.0 cm³/mol. The lowest BCUT2D eigenvalue weighted by Crippen LogP contribution is -2.19. The van der Waals surface area contributed by atoms with Crippen LogP contribution in [0, 0.1) is 0 Å². The van der Waals surface area contributed by atoms with Crippen molar-refractivity contribution in [3.63, 3.8) is 0 Å². The van der Waals surface area contributed by atoms with Crippen molar-refractivity contribution in [2.24, 2.45) is 10.9 Å². The molecule has 0 fully saturated rings. The lowest BCUT2D eigenvalue weighted by atomic mass is 10.2. The third-order valence-electron chi connectivity index (χ3n) is 2.72. The second-order valence-corrected chi connectivity index (χ2v) is 6.43. The molecule has 0 radical (unpaired) electrons. The van der Waals surface area contributed by atoms with Gasteiger partial charge in [0.25, 0.3) is 0 Å². The van der Waals surface area contributed by atoms with E-state index in [-0.39, 0.29) is 17.6 Å². The van der Waals surface area contributed by atoms with E-state index in [0.717, 1.165) is 9.37 Å². The number of benzene rings is 1. The van der Waals surface area contributed by atoms with Gasteiger partial charge in [0, 0.05) is 21.0 Å². The van der Waals surface area contributed by atoms with Gasteiger partial charge in [-0.15, -0.1) is 5.10 Å². The summed E-state index contributed by atoms with van der Waals surface area (Å²) in [4.78, 5) is 12.5. The Kier molecular flexibility index (Phi) is 4.73. The fraction of sp³-hybridized carbons (Fsp3) is 0.250. The Hall–Kier alpha value is -1.74. The zero-order valence-corrected chi connectivity index (χ0v) is 13.8. The SMILES string of the molecule is CC(C)n1c(Sc2cc(Br)ccc2/C(N)=N/O)n[nH]c1=O. The number of halogens is 1.